The fourth-order valence-corrected chi connectivity index (χ4v) is 4.20. The average molecular weight is 440 g/mol. The van der Waals surface area contributed by atoms with Crippen LogP contribution in [0.1, 0.15) is 13.8 Å². The maximum absolute atomic E-state index is 8.45. The molecule has 3 atom stereocenters. The summed E-state index contributed by atoms with van der Waals surface area (Å²) in [5.74, 6) is 0. The quantitative estimate of drug-likeness (QED) is 0.396. The van der Waals surface area contributed by atoms with Gasteiger partial charge in [0.25, 0.3) is 0 Å². The zero-order valence-corrected chi connectivity index (χ0v) is 14.2. The SMILES string of the molecule is C=C(C)P[B]I.CC(CO)P[B]I. The molecule has 0 aromatic rings. The molecule has 7 heteroatoms. The number of rotatable bonds is 5. The molecule has 0 spiro atoms. The number of hydrogen-bond acceptors (Lipinski definition) is 1. The van der Waals surface area contributed by atoms with Crippen LogP contribution in [0.2, 0.25) is 0 Å². The van der Waals surface area contributed by atoms with Crippen LogP contribution >= 0.6 is 61.7 Å². The van der Waals surface area contributed by atoms with Crippen LogP contribution in [0.3, 0.4) is 0 Å². The number of hydrogen-bond donors (Lipinski definition) is 1. The Hall–Kier alpha value is 2.15. The summed E-state index contributed by atoms with van der Waals surface area (Å²) in [5.41, 5.74) is 0.469. The molecule has 0 aliphatic carbocycles. The molecular weight excluding hydrogens is 425 g/mol. The van der Waals surface area contributed by atoms with E-state index in [0.29, 0.717) is 12.3 Å². The maximum Gasteiger partial charge on any atom is 0.234 e. The van der Waals surface area contributed by atoms with E-state index in [1.54, 1.807) is 0 Å². The van der Waals surface area contributed by atoms with Crippen molar-refractivity contribution in [3.05, 3.63) is 11.9 Å². The van der Waals surface area contributed by atoms with Gasteiger partial charge in [-0.05, 0) is 12.6 Å². The third-order valence-corrected chi connectivity index (χ3v) is 4.41. The molecule has 0 rings (SSSR count). The summed E-state index contributed by atoms with van der Waals surface area (Å²) in [5, 5.41) is 9.70. The van der Waals surface area contributed by atoms with Crippen LogP contribution in [0.25, 0.3) is 0 Å². The van der Waals surface area contributed by atoms with Crippen LogP contribution < -0.4 is 0 Å². The first kappa shape index (κ1) is 17.5. The highest BCUT2D eigenvalue weighted by Gasteiger charge is 1.95. The lowest BCUT2D eigenvalue weighted by molar-refractivity contribution is 0.299. The Morgan fingerprint density at radius 1 is 1.54 bits per heavy atom. The smallest absolute Gasteiger partial charge is 0.234 e. The van der Waals surface area contributed by atoms with Crippen LogP contribution in [0, 0.1) is 0 Å². The van der Waals surface area contributed by atoms with Crippen LogP contribution in [0.15, 0.2) is 11.9 Å². The van der Waals surface area contributed by atoms with Gasteiger partial charge >= 0.3 is 0 Å². The molecule has 0 aliphatic heterocycles. The molecule has 0 saturated heterocycles. The van der Waals surface area contributed by atoms with E-state index in [-0.39, 0.29) is 0 Å². The second kappa shape index (κ2) is 14.1. The molecule has 0 aliphatic rings. The zero-order valence-electron chi connectivity index (χ0n) is 7.85. The summed E-state index contributed by atoms with van der Waals surface area (Å²) in [7, 11) is 1.64. The van der Waals surface area contributed by atoms with E-state index in [1.807, 2.05) is 13.8 Å². The zero-order chi connectivity index (χ0) is 10.7. The maximum atomic E-state index is 8.45. The van der Waals surface area contributed by atoms with E-state index in [1.165, 1.54) is 5.31 Å². The van der Waals surface area contributed by atoms with Crippen molar-refractivity contribution in [2.75, 3.05) is 6.61 Å². The summed E-state index contributed by atoms with van der Waals surface area (Å²) in [6.07, 6.45) is 0. The predicted octanol–water partition coefficient (Wildman–Crippen LogP) is 3.18. The van der Waals surface area contributed by atoms with Gasteiger partial charge in [0.05, 0.1) is 0 Å². The number of aliphatic hydroxyl groups is 1. The first-order valence-corrected chi connectivity index (χ1v) is 8.43. The van der Waals surface area contributed by atoms with Crippen LogP contribution in [-0.2, 0) is 0 Å². The topological polar surface area (TPSA) is 20.2 Å². The van der Waals surface area contributed by atoms with Gasteiger partial charge in [-0.2, -0.15) is 44.7 Å². The van der Waals surface area contributed by atoms with E-state index >= 15 is 0 Å². The molecule has 2 radical (unpaired) electrons. The first-order valence-electron chi connectivity index (χ1n) is 3.71. The Kier molecular flexibility index (Phi) is 19.1. The van der Waals surface area contributed by atoms with Gasteiger partial charge in [0, 0.05) is 6.61 Å². The molecule has 0 aromatic carbocycles. The highest BCUT2D eigenvalue weighted by atomic mass is 127. The Morgan fingerprint density at radius 3 is 2.15 bits per heavy atom. The van der Waals surface area contributed by atoms with E-state index in [4.69, 9.17) is 5.11 Å². The van der Waals surface area contributed by atoms with Crippen molar-refractivity contribution in [3.63, 3.8) is 0 Å². The molecule has 1 nitrogen and oxygen atoms in total. The Bertz CT molecular complexity index is 129. The molecule has 0 heterocycles. The summed E-state index contributed by atoms with van der Waals surface area (Å²) < 4.78 is 0. The molecule has 0 bridgehead atoms. The first-order chi connectivity index (χ1) is 6.08. The largest absolute Gasteiger partial charge is 0.396 e. The van der Waals surface area contributed by atoms with Gasteiger partial charge in [-0.1, -0.05) is 18.8 Å². The second-order valence-corrected chi connectivity index (χ2v) is 9.03. The summed E-state index contributed by atoms with van der Waals surface area (Å²) in [4.78, 5) is 4.17. The minimum atomic E-state index is 0.317. The number of allylic oxidation sites excluding steroid dienone is 1. The van der Waals surface area contributed by atoms with Crippen LogP contribution in [0.5, 0.6) is 0 Å². The van der Waals surface area contributed by atoms with Crippen molar-refractivity contribution in [1.29, 1.82) is 0 Å². The van der Waals surface area contributed by atoms with E-state index < -0.39 is 0 Å². The molecule has 0 saturated carbocycles. The molecule has 1 N–H and O–H groups in total. The van der Waals surface area contributed by atoms with Gasteiger partial charge in [-0.15, -0.1) is 16.9 Å². The minimum Gasteiger partial charge on any atom is -0.396 e. The second-order valence-electron chi connectivity index (χ2n) is 2.39. The lowest BCUT2D eigenvalue weighted by Gasteiger charge is -2.01. The normalized spacial score (nSPS) is 12.7. The third-order valence-electron chi connectivity index (χ3n) is 0.922. The molecule has 3 unspecified atom stereocenters. The van der Waals surface area contributed by atoms with Crippen molar-refractivity contribution in [2.45, 2.75) is 19.5 Å². The number of halogens is 2. The highest BCUT2D eigenvalue weighted by Crippen LogP contribution is 2.19. The van der Waals surface area contributed by atoms with Gasteiger partial charge in [0.2, 0.25) is 9.71 Å². The monoisotopic (exact) mass is 440 g/mol. The lowest BCUT2D eigenvalue weighted by Crippen LogP contribution is -1.99. The van der Waals surface area contributed by atoms with Gasteiger partial charge in [0.1, 0.15) is 0 Å². The van der Waals surface area contributed by atoms with Crippen molar-refractivity contribution in [3.8, 4) is 0 Å². The van der Waals surface area contributed by atoms with Crippen molar-refractivity contribution >= 4 is 71.4 Å². The Balaban J connectivity index is 0. The Morgan fingerprint density at radius 2 is 2.08 bits per heavy atom. The third kappa shape index (κ3) is 20.3. The molecule has 13 heavy (non-hydrogen) atoms. The minimum absolute atomic E-state index is 0.317. The van der Waals surface area contributed by atoms with Gasteiger partial charge in [0.15, 0.2) is 0 Å². The number of aliphatic hydroxyl groups excluding tert-OH is 1. The van der Waals surface area contributed by atoms with Crippen LogP contribution in [-0.4, -0.2) is 27.1 Å². The average Bonchev–Trinajstić information content (AvgIpc) is 2.05. The lowest BCUT2D eigenvalue weighted by atomic mass is 10.5. The van der Waals surface area contributed by atoms with Crippen molar-refractivity contribution in [1.82, 2.24) is 0 Å². The van der Waals surface area contributed by atoms with Crippen LogP contribution in [0.4, 0.5) is 0 Å². The van der Waals surface area contributed by atoms with Crippen molar-refractivity contribution < 1.29 is 5.11 Å². The Labute approximate surface area is 113 Å². The molecule has 0 fully saturated rings. The van der Waals surface area contributed by atoms with E-state index in [9.17, 15) is 0 Å². The summed E-state index contributed by atoms with van der Waals surface area (Å²) >= 11 is 4.43. The molecule has 74 valence electrons. The van der Waals surface area contributed by atoms with E-state index in [0.717, 1.165) is 16.9 Å². The molecule has 0 amide bonds. The predicted molar refractivity (Wildman–Crippen MR) is 87.5 cm³/mol. The highest BCUT2D eigenvalue weighted by molar-refractivity contribution is 14.1. The molecule has 0 aromatic heterocycles. The molecular formula is C6H14B2I2OP2. The standard InChI is InChI=1S/C3H8BIOP.C3H6BIP/c1-3(2-6)7-4-5;1-3(2)6-4-5/h3,6-7H,2H2,1H3;6H,1H2,2H3. The van der Waals surface area contributed by atoms with Gasteiger partial charge in [-0.3, -0.25) is 0 Å². The van der Waals surface area contributed by atoms with Crippen molar-refractivity contribution in [2.24, 2.45) is 0 Å². The summed E-state index contributed by atoms with van der Waals surface area (Å²) in [6, 6.07) is 0. The fourth-order valence-electron chi connectivity index (χ4n) is 0.253. The van der Waals surface area contributed by atoms with E-state index in [2.05, 4.69) is 61.0 Å². The van der Waals surface area contributed by atoms with Gasteiger partial charge in [-0.25, -0.2) is 0 Å². The summed E-state index contributed by atoms with van der Waals surface area (Å²) in [6.45, 7) is 8.11. The van der Waals surface area contributed by atoms with Gasteiger partial charge < -0.3 is 5.11 Å². The fraction of sp³-hybridized carbons (Fsp3) is 0.667.